The number of aromatic nitrogens is 1. The van der Waals surface area contributed by atoms with Gasteiger partial charge in [0.25, 0.3) is 0 Å². The van der Waals surface area contributed by atoms with Crippen molar-refractivity contribution in [1.82, 2.24) is 9.88 Å². The van der Waals surface area contributed by atoms with Crippen LogP contribution >= 0.6 is 0 Å². The van der Waals surface area contributed by atoms with Crippen LogP contribution in [-0.2, 0) is 11.3 Å². The van der Waals surface area contributed by atoms with Crippen LogP contribution in [0.15, 0.2) is 24.5 Å². The van der Waals surface area contributed by atoms with E-state index in [1.165, 1.54) is 12.8 Å². The lowest BCUT2D eigenvalue weighted by Gasteiger charge is -2.20. The van der Waals surface area contributed by atoms with Crippen LogP contribution in [0.1, 0.15) is 24.8 Å². The first-order valence-corrected chi connectivity index (χ1v) is 5.60. The van der Waals surface area contributed by atoms with Crippen molar-refractivity contribution in [2.24, 2.45) is 0 Å². The van der Waals surface area contributed by atoms with Gasteiger partial charge in [-0.1, -0.05) is 6.07 Å². The monoisotopic (exact) mass is 220 g/mol. The Morgan fingerprint density at radius 3 is 2.94 bits per heavy atom. The highest BCUT2D eigenvalue weighted by molar-refractivity contribution is 5.66. The summed E-state index contributed by atoms with van der Waals surface area (Å²) in [5, 5.41) is 8.69. The van der Waals surface area contributed by atoms with E-state index in [0.717, 1.165) is 12.1 Å². The lowest BCUT2D eigenvalue weighted by atomic mass is 10.2. The minimum atomic E-state index is -0.725. The summed E-state index contributed by atoms with van der Waals surface area (Å²) in [5.74, 6) is -0.725. The van der Waals surface area contributed by atoms with Gasteiger partial charge in [-0.05, 0) is 24.5 Å². The number of carboxylic acids is 1. The molecule has 0 aromatic carbocycles. The van der Waals surface area contributed by atoms with Crippen LogP contribution in [0.5, 0.6) is 0 Å². The quantitative estimate of drug-likeness (QED) is 0.789. The molecule has 86 valence electrons. The highest BCUT2D eigenvalue weighted by Gasteiger charge is 2.28. The summed E-state index contributed by atoms with van der Waals surface area (Å²) in [6, 6.07) is 4.53. The fourth-order valence-corrected chi connectivity index (χ4v) is 1.80. The number of rotatable bonds is 6. The first-order chi connectivity index (χ1) is 7.75. The fraction of sp³-hybridized carbons (Fsp3) is 0.500. The summed E-state index contributed by atoms with van der Waals surface area (Å²) >= 11 is 0. The van der Waals surface area contributed by atoms with Crippen LogP contribution < -0.4 is 0 Å². The van der Waals surface area contributed by atoms with E-state index in [4.69, 9.17) is 5.11 Å². The molecule has 0 amide bonds. The van der Waals surface area contributed by atoms with E-state index in [1.54, 1.807) is 6.20 Å². The minimum Gasteiger partial charge on any atom is -0.481 e. The van der Waals surface area contributed by atoms with Crippen molar-refractivity contribution in [3.8, 4) is 0 Å². The number of aliphatic carboxylic acids is 1. The van der Waals surface area contributed by atoms with Gasteiger partial charge in [0.1, 0.15) is 0 Å². The summed E-state index contributed by atoms with van der Waals surface area (Å²) in [7, 11) is 0. The van der Waals surface area contributed by atoms with Gasteiger partial charge < -0.3 is 5.11 Å². The van der Waals surface area contributed by atoms with E-state index >= 15 is 0 Å². The fourth-order valence-electron chi connectivity index (χ4n) is 1.80. The highest BCUT2D eigenvalue weighted by atomic mass is 16.4. The number of nitrogens with zero attached hydrogens (tertiary/aromatic N) is 2. The molecule has 0 aliphatic heterocycles. The molecule has 16 heavy (non-hydrogen) atoms. The van der Waals surface area contributed by atoms with Gasteiger partial charge in [0, 0.05) is 31.5 Å². The predicted molar refractivity (Wildman–Crippen MR) is 59.9 cm³/mol. The van der Waals surface area contributed by atoms with E-state index in [1.807, 2.05) is 18.3 Å². The van der Waals surface area contributed by atoms with Gasteiger partial charge in [-0.15, -0.1) is 0 Å². The van der Waals surface area contributed by atoms with Crippen molar-refractivity contribution in [3.05, 3.63) is 30.1 Å². The van der Waals surface area contributed by atoms with Gasteiger partial charge in [0.15, 0.2) is 0 Å². The second-order valence-corrected chi connectivity index (χ2v) is 4.21. The maximum absolute atomic E-state index is 10.6. The zero-order chi connectivity index (χ0) is 11.4. The van der Waals surface area contributed by atoms with Crippen LogP contribution in [0, 0.1) is 0 Å². The molecule has 2 rings (SSSR count). The maximum atomic E-state index is 10.6. The molecule has 1 fully saturated rings. The van der Waals surface area contributed by atoms with Gasteiger partial charge in [-0.3, -0.25) is 14.7 Å². The molecule has 1 aromatic heterocycles. The van der Waals surface area contributed by atoms with Crippen LogP contribution in [0.3, 0.4) is 0 Å². The Balaban J connectivity index is 1.90. The molecule has 4 nitrogen and oxygen atoms in total. The normalized spacial score (nSPS) is 15.3. The Morgan fingerprint density at radius 1 is 1.56 bits per heavy atom. The van der Waals surface area contributed by atoms with Gasteiger partial charge in [0.05, 0.1) is 6.42 Å². The second-order valence-electron chi connectivity index (χ2n) is 4.21. The molecule has 1 aromatic rings. The minimum absolute atomic E-state index is 0.219. The molecule has 1 aliphatic carbocycles. The number of pyridine rings is 1. The molecule has 0 spiro atoms. The maximum Gasteiger partial charge on any atom is 0.304 e. The number of hydrogen-bond donors (Lipinski definition) is 1. The molecule has 0 radical (unpaired) electrons. The summed E-state index contributed by atoms with van der Waals surface area (Å²) < 4.78 is 0. The van der Waals surface area contributed by atoms with Crippen molar-refractivity contribution >= 4 is 5.97 Å². The average molecular weight is 220 g/mol. The Hall–Kier alpha value is -1.42. The van der Waals surface area contributed by atoms with Crippen LogP contribution in [0.4, 0.5) is 0 Å². The Kier molecular flexibility index (Phi) is 3.51. The summed E-state index contributed by atoms with van der Waals surface area (Å²) in [4.78, 5) is 16.9. The summed E-state index contributed by atoms with van der Waals surface area (Å²) in [5.41, 5.74) is 1.15. The Morgan fingerprint density at radius 2 is 2.38 bits per heavy atom. The van der Waals surface area contributed by atoms with Crippen molar-refractivity contribution in [3.63, 3.8) is 0 Å². The van der Waals surface area contributed by atoms with E-state index < -0.39 is 5.97 Å². The van der Waals surface area contributed by atoms with Crippen molar-refractivity contribution < 1.29 is 9.90 Å². The van der Waals surface area contributed by atoms with E-state index in [9.17, 15) is 4.79 Å². The molecule has 1 saturated carbocycles. The van der Waals surface area contributed by atoms with Crippen LogP contribution in [0.25, 0.3) is 0 Å². The standard InChI is InChI=1S/C12H16N2O2/c15-12(16)5-7-14(11-3-4-11)9-10-2-1-6-13-8-10/h1-2,6,8,11H,3-5,7,9H2,(H,15,16). The Bertz CT molecular complexity index is 349. The van der Waals surface area contributed by atoms with Crippen molar-refractivity contribution in [1.29, 1.82) is 0 Å². The summed E-state index contributed by atoms with van der Waals surface area (Å²) in [6.45, 7) is 1.45. The SMILES string of the molecule is O=C(O)CCN(Cc1cccnc1)C1CC1. The highest BCUT2D eigenvalue weighted by Crippen LogP contribution is 2.28. The molecular formula is C12H16N2O2. The first kappa shape index (κ1) is 11.1. The molecule has 4 heteroatoms. The third-order valence-corrected chi connectivity index (χ3v) is 2.78. The number of carboxylic acid groups (broad SMARTS) is 1. The smallest absolute Gasteiger partial charge is 0.304 e. The van der Waals surface area contributed by atoms with Gasteiger partial charge in [0.2, 0.25) is 0 Å². The van der Waals surface area contributed by atoms with Gasteiger partial charge in [-0.25, -0.2) is 0 Å². The van der Waals surface area contributed by atoms with Crippen LogP contribution in [-0.4, -0.2) is 33.5 Å². The molecule has 1 heterocycles. The number of hydrogen-bond acceptors (Lipinski definition) is 3. The zero-order valence-corrected chi connectivity index (χ0v) is 9.17. The van der Waals surface area contributed by atoms with Gasteiger partial charge >= 0.3 is 5.97 Å². The molecule has 1 N–H and O–H groups in total. The first-order valence-electron chi connectivity index (χ1n) is 5.60. The topological polar surface area (TPSA) is 53.4 Å². The molecule has 0 unspecified atom stereocenters. The van der Waals surface area contributed by atoms with Crippen molar-refractivity contribution in [2.45, 2.75) is 31.8 Å². The van der Waals surface area contributed by atoms with E-state index in [-0.39, 0.29) is 6.42 Å². The Labute approximate surface area is 94.9 Å². The predicted octanol–water partition coefficient (Wildman–Crippen LogP) is 1.52. The van der Waals surface area contributed by atoms with E-state index in [0.29, 0.717) is 12.6 Å². The average Bonchev–Trinajstić information content (AvgIpc) is 3.09. The third-order valence-electron chi connectivity index (χ3n) is 2.78. The zero-order valence-electron chi connectivity index (χ0n) is 9.17. The number of carbonyl (C=O) groups is 1. The molecule has 0 bridgehead atoms. The lowest BCUT2D eigenvalue weighted by molar-refractivity contribution is -0.137. The van der Waals surface area contributed by atoms with E-state index in [2.05, 4.69) is 9.88 Å². The third kappa shape index (κ3) is 3.31. The second kappa shape index (κ2) is 5.07. The molecular weight excluding hydrogens is 204 g/mol. The lowest BCUT2D eigenvalue weighted by Crippen LogP contribution is -2.28. The largest absolute Gasteiger partial charge is 0.481 e. The summed E-state index contributed by atoms with van der Waals surface area (Å²) in [6.07, 6.45) is 6.20. The molecule has 0 saturated heterocycles. The molecule has 0 atom stereocenters. The van der Waals surface area contributed by atoms with Gasteiger partial charge in [-0.2, -0.15) is 0 Å². The van der Waals surface area contributed by atoms with Crippen LogP contribution in [0.2, 0.25) is 0 Å². The molecule has 1 aliphatic rings. The van der Waals surface area contributed by atoms with Crippen molar-refractivity contribution in [2.75, 3.05) is 6.54 Å².